The lowest BCUT2D eigenvalue weighted by molar-refractivity contribution is -0.134. The van der Waals surface area contributed by atoms with Crippen LogP contribution in [-0.4, -0.2) is 34.8 Å². The van der Waals surface area contributed by atoms with Gasteiger partial charge in [0.15, 0.2) is 0 Å². The minimum atomic E-state index is -0.203. The van der Waals surface area contributed by atoms with Gasteiger partial charge in [-0.3, -0.25) is 9.59 Å². The molecule has 0 bridgehead atoms. The number of amides is 2. The van der Waals surface area contributed by atoms with Crippen LogP contribution in [0, 0.1) is 0 Å². The number of nitrogens with one attached hydrogen (secondary N) is 1. The lowest BCUT2D eigenvalue weighted by atomic mass is 10.2. The van der Waals surface area contributed by atoms with Gasteiger partial charge in [-0.2, -0.15) is 0 Å². The minimum absolute atomic E-state index is 0.0551. The summed E-state index contributed by atoms with van der Waals surface area (Å²) in [6.45, 7) is 0.745. The van der Waals surface area contributed by atoms with Crippen LogP contribution in [0.25, 0.3) is 0 Å². The van der Waals surface area contributed by atoms with Crippen LogP contribution in [0.2, 0.25) is 0 Å². The SMILES string of the molecule is NC(=S)c1cccc(NC(=O)CN2CCCCCC2=O)c1. The Morgan fingerprint density at radius 2 is 2.14 bits per heavy atom. The third kappa shape index (κ3) is 4.53. The highest BCUT2D eigenvalue weighted by Gasteiger charge is 2.19. The van der Waals surface area contributed by atoms with Gasteiger partial charge in [-0.25, -0.2) is 0 Å². The monoisotopic (exact) mass is 305 g/mol. The fourth-order valence-electron chi connectivity index (χ4n) is 2.33. The van der Waals surface area contributed by atoms with Crippen molar-refractivity contribution in [3.05, 3.63) is 29.8 Å². The highest BCUT2D eigenvalue weighted by molar-refractivity contribution is 7.80. The number of nitrogens with zero attached hydrogens (tertiary/aromatic N) is 1. The van der Waals surface area contributed by atoms with Gasteiger partial charge < -0.3 is 16.0 Å². The molecule has 1 aliphatic rings. The van der Waals surface area contributed by atoms with Crippen molar-refractivity contribution in [1.82, 2.24) is 4.90 Å². The molecular formula is C15H19N3O2S. The number of anilines is 1. The van der Waals surface area contributed by atoms with Gasteiger partial charge in [0.1, 0.15) is 4.99 Å². The summed E-state index contributed by atoms with van der Waals surface area (Å²) in [5.41, 5.74) is 6.90. The van der Waals surface area contributed by atoms with E-state index in [1.54, 1.807) is 29.2 Å². The molecule has 1 heterocycles. The summed E-state index contributed by atoms with van der Waals surface area (Å²) in [6.07, 6.45) is 3.44. The molecule has 0 saturated carbocycles. The predicted octanol–water partition coefficient (Wildman–Crippen LogP) is 1.66. The third-order valence-corrected chi connectivity index (χ3v) is 3.67. The Kier molecular flexibility index (Phi) is 5.27. The Morgan fingerprint density at radius 3 is 2.90 bits per heavy atom. The van der Waals surface area contributed by atoms with Gasteiger partial charge in [0.25, 0.3) is 0 Å². The Hall–Kier alpha value is -1.95. The Bertz CT molecular complexity index is 560. The molecule has 2 rings (SSSR count). The van der Waals surface area contributed by atoms with Crippen molar-refractivity contribution in [3.8, 4) is 0 Å². The number of carbonyl (C=O) groups excluding carboxylic acids is 2. The number of rotatable bonds is 4. The van der Waals surface area contributed by atoms with Crippen molar-refractivity contribution in [2.24, 2.45) is 5.73 Å². The summed E-state index contributed by atoms with van der Waals surface area (Å²) >= 11 is 4.91. The van der Waals surface area contributed by atoms with Crippen LogP contribution < -0.4 is 11.1 Å². The normalized spacial score (nSPS) is 15.4. The summed E-state index contributed by atoms with van der Waals surface area (Å²) in [4.78, 5) is 25.8. The highest BCUT2D eigenvalue weighted by Crippen LogP contribution is 2.13. The molecule has 1 saturated heterocycles. The van der Waals surface area contributed by atoms with Gasteiger partial charge in [-0.05, 0) is 25.0 Å². The van der Waals surface area contributed by atoms with Crippen molar-refractivity contribution >= 4 is 34.7 Å². The molecule has 21 heavy (non-hydrogen) atoms. The molecule has 1 aromatic carbocycles. The molecule has 112 valence electrons. The van der Waals surface area contributed by atoms with Crippen LogP contribution in [0.1, 0.15) is 31.2 Å². The molecule has 0 atom stereocenters. The maximum absolute atomic E-state index is 12.1. The lowest BCUT2D eigenvalue weighted by Crippen LogP contribution is -2.37. The highest BCUT2D eigenvalue weighted by atomic mass is 32.1. The summed E-state index contributed by atoms with van der Waals surface area (Å²) in [6, 6.07) is 7.06. The second-order valence-corrected chi connectivity index (χ2v) is 5.56. The summed E-state index contributed by atoms with van der Waals surface area (Å²) in [5, 5.41) is 2.78. The van der Waals surface area contributed by atoms with E-state index in [0.29, 0.717) is 24.2 Å². The second kappa shape index (κ2) is 7.17. The maximum Gasteiger partial charge on any atom is 0.243 e. The van der Waals surface area contributed by atoms with E-state index >= 15 is 0 Å². The van der Waals surface area contributed by atoms with E-state index in [1.165, 1.54) is 0 Å². The molecule has 1 aliphatic heterocycles. The first-order valence-corrected chi connectivity index (χ1v) is 7.44. The average molecular weight is 305 g/mol. The van der Waals surface area contributed by atoms with E-state index in [1.807, 2.05) is 0 Å². The molecule has 5 nitrogen and oxygen atoms in total. The number of thiocarbonyl (C=S) groups is 1. The first-order chi connectivity index (χ1) is 10.1. The van der Waals surface area contributed by atoms with Crippen LogP contribution in [0.3, 0.4) is 0 Å². The minimum Gasteiger partial charge on any atom is -0.389 e. The quantitative estimate of drug-likeness (QED) is 0.830. The van der Waals surface area contributed by atoms with Crippen LogP contribution in [0.15, 0.2) is 24.3 Å². The van der Waals surface area contributed by atoms with Crippen molar-refractivity contribution in [2.45, 2.75) is 25.7 Å². The van der Waals surface area contributed by atoms with Gasteiger partial charge in [-0.15, -0.1) is 0 Å². The largest absolute Gasteiger partial charge is 0.389 e. The van der Waals surface area contributed by atoms with Gasteiger partial charge in [0.2, 0.25) is 11.8 Å². The topological polar surface area (TPSA) is 75.4 Å². The zero-order chi connectivity index (χ0) is 15.2. The van der Waals surface area contributed by atoms with Gasteiger partial charge in [0, 0.05) is 24.2 Å². The number of nitrogens with two attached hydrogens (primary N) is 1. The van der Waals surface area contributed by atoms with E-state index in [4.69, 9.17) is 18.0 Å². The van der Waals surface area contributed by atoms with Crippen LogP contribution in [0.5, 0.6) is 0 Å². The number of likely N-dealkylation sites (tertiary alicyclic amines) is 1. The first-order valence-electron chi connectivity index (χ1n) is 7.04. The zero-order valence-corrected chi connectivity index (χ0v) is 12.6. The van der Waals surface area contributed by atoms with Gasteiger partial charge >= 0.3 is 0 Å². The molecular weight excluding hydrogens is 286 g/mol. The van der Waals surface area contributed by atoms with Crippen LogP contribution in [-0.2, 0) is 9.59 Å². The Balaban J connectivity index is 1.96. The van der Waals surface area contributed by atoms with Crippen molar-refractivity contribution in [1.29, 1.82) is 0 Å². The Labute approximate surface area is 129 Å². The standard InChI is InChI=1S/C15H19N3O2S/c16-15(21)11-5-4-6-12(9-11)17-13(19)10-18-8-3-1-2-7-14(18)20/h4-6,9H,1-3,7-8,10H2,(H2,16,21)(H,17,19). The predicted molar refractivity (Wildman–Crippen MR) is 86.0 cm³/mol. The first kappa shape index (κ1) is 15.4. The van der Waals surface area contributed by atoms with Crippen LogP contribution >= 0.6 is 12.2 Å². The Morgan fingerprint density at radius 1 is 1.33 bits per heavy atom. The molecule has 2 amide bonds. The summed E-state index contributed by atoms with van der Waals surface area (Å²) in [5.74, 6) is -0.148. The van der Waals surface area contributed by atoms with Crippen molar-refractivity contribution < 1.29 is 9.59 Å². The van der Waals surface area contributed by atoms with Crippen molar-refractivity contribution in [2.75, 3.05) is 18.4 Å². The molecule has 0 spiro atoms. The molecule has 0 radical (unpaired) electrons. The van der Waals surface area contributed by atoms with Crippen molar-refractivity contribution in [3.63, 3.8) is 0 Å². The number of hydrogen-bond acceptors (Lipinski definition) is 3. The molecule has 1 fully saturated rings. The average Bonchev–Trinajstić information content (AvgIpc) is 2.64. The number of carbonyl (C=O) groups is 2. The maximum atomic E-state index is 12.1. The number of hydrogen-bond donors (Lipinski definition) is 2. The molecule has 0 aromatic heterocycles. The lowest BCUT2D eigenvalue weighted by Gasteiger charge is -2.19. The molecule has 0 aliphatic carbocycles. The molecule has 1 aromatic rings. The third-order valence-electron chi connectivity index (χ3n) is 3.44. The van der Waals surface area contributed by atoms with E-state index in [9.17, 15) is 9.59 Å². The van der Waals surface area contributed by atoms with Crippen LogP contribution in [0.4, 0.5) is 5.69 Å². The fourth-order valence-corrected chi connectivity index (χ4v) is 2.46. The van der Waals surface area contributed by atoms with Gasteiger partial charge in [0.05, 0.1) is 6.54 Å². The zero-order valence-electron chi connectivity index (χ0n) is 11.8. The van der Waals surface area contributed by atoms with E-state index in [2.05, 4.69) is 5.32 Å². The fraction of sp³-hybridized carbons (Fsp3) is 0.400. The molecule has 0 unspecified atom stereocenters. The smallest absolute Gasteiger partial charge is 0.243 e. The number of benzene rings is 1. The second-order valence-electron chi connectivity index (χ2n) is 5.12. The van der Waals surface area contributed by atoms with E-state index in [0.717, 1.165) is 19.3 Å². The van der Waals surface area contributed by atoms with E-state index in [-0.39, 0.29) is 23.3 Å². The summed E-state index contributed by atoms with van der Waals surface area (Å²) < 4.78 is 0. The van der Waals surface area contributed by atoms with Gasteiger partial charge in [-0.1, -0.05) is 30.8 Å². The molecule has 6 heteroatoms. The summed E-state index contributed by atoms with van der Waals surface area (Å²) in [7, 11) is 0. The molecule has 3 N–H and O–H groups in total. The van der Waals surface area contributed by atoms with E-state index < -0.39 is 0 Å².